The molecule has 0 bridgehead atoms. The Morgan fingerprint density at radius 3 is 1.51 bits per heavy atom. The van der Waals surface area contributed by atoms with E-state index in [2.05, 4.69) is 58.3 Å². The molecule has 0 unspecified atom stereocenters. The zero-order valence-corrected chi connectivity index (χ0v) is 20.6. The van der Waals surface area contributed by atoms with Crippen LogP contribution in [0.15, 0.2) is 84.9 Å². The number of aliphatic hydroxyl groups is 2. The number of rotatable bonds is 6. The second kappa shape index (κ2) is 10.2. The van der Waals surface area contributed by atoms with Gasteiger partial charge in [0, 0.05) is 35.6 Å². The second-order valence-corrected chi connectivity index (χ2v) is 9.66. The number of hydrogen-bond donors (Lipinski definition) is 2. The van der Waals surface area contributed by atoms with Crippen molar-refractivity contribution in [2.24, 2.45) is 0 Å². The van der Waals surface area contributed by atoms with Crippen molar-refractivity contribution >= 4 is 11.4 Å². The summed E-state index contributed by atoms with van der Waals surface area (Å²) in [6.07, 6.45) is 0.821. The Morgan fingerprint density at radius 2 is 1.05 bits per heavy atom. The maximum atomic E-state index is 9.49. The maximum absolute atomic E-state index is 9.49. The van der Waals surface area contributed by atoms with Crippen LogP contribution in [-0.4, -0.2) is 23.7 Å². The van der Waals surface area contributed by atoms with Crippen molar-refractivity contribution in [1.29, 1.82) is 0 Å². The topological polar surface area (TPSA) is 65.4 Å². The van der Waals surface area contributed by atoms with Gasteiger partial charge < -0.3 is 29.5 Å². The van der Waals surface area contributed by atoms with Crippen molar-refractivity contribution in [3.63, 3.8) is 0 Å². The SMILES string of the molecule is OCc1ccc2c(c1)CN(c1cccc(Cc3cccc(N4COc5ccc(CO)cc5C4)c3)c1)CO2. The lowest BCUT2D eigenvalue weighted by atomic mass is 10.0. The van der Waals surface area contributed by atoms with Gasteiger partial charge in [-0.15, -0.1) is 0 Å². The number of nitrogens with zero attached hydrogens (tertiary/aromatic N) is 2. The summed E-state index contributed by atoms with van der Waals surface area (Å²) in [5.41, 5.74) is 8.68. The molecule has 4 aromatic rings. The van der Waals surface area contributed by atoms with Crippen molar-refractivity contribution in [3.8, 4) is 11.5 Å². The molecule has 6 rings (SSSR count). The lowest BCUT2D eigenvalue weighted by molar-refractivity contribution is 0.277. The molecule has 0 atom stereocenters. The second-order valence-electron chi connectivity index (χ2n) is 9.66. The van der Waals surface area contributed by atoms with E-state index in [0.29, 0.717) is 13.5 Å². The summed E-state index contributed by atoms with van der Waals surface area (Å²) in [5, 5.41) is 19.0. The molecule has 0 amide bonds. The number of anilines is 2. The summed E-state index contributed by atoms with van der Waals surface area (Å²) < 4.78 is 12.0. The minimum absolute atomic E-state index is 0.0294. The molecule has 2 aliphatic rings. The van der Waals surface area contributed by atoms with Gasteiger partial charge in [-0.3, -0.25) is 0 Å². The minimum Gasteiger partial charge on any atom is -0.473 e. The zero-order chi connectivity index (χ0) is 25.2. The summed E-state index contributed by atoms with van der Waals surface area (Å²) in [5.74, 6) is 1.77. The highest BCUT2D eigenvalue weighted by molar-refractivity contribution is 5.55. The van der Waals surface area contributed by atoms with Gasteiger partial charge in [-0.2, -0.15) is 0 Å². The van der Waals surface area contributed by atoms with Crippen LogP contribution in [0.3, 0.4) is 0 Å². The first kappa shape index (κ1) is 23.4. The van der Waals surface area contributed by atoms with Gasteiger partial charge in [0.05, 0.1) is 13.2 Å². The van der Waals surface area contributed by atoms with Gasteiger partial charge in [-0.25, -0.2) is 0 Å². The summed E-state index contributed by atoms with van der Waals surface area (Å²) in [6.45, 7) is 2.55. The molecule has 2 heterocycles. The van der Waals surface area contributed by atoms with E-state index < -0.39 is 0 Å². The molecular formula is C31H30N2O4. The zero-order valence-electron chi connectivity index (χ0n) is 20.6. The third kappa shape index (κ3) is 4.99. The number of fused-ring (bicyclic) bond motifs is 2. The molecule has 0 radical (unpaired) electrons. The van der Waals surface area contributed by atoms with E-state index in [-0.39, 0.29) is 13.2 Å². The number of ether oxygens (including phenoxy) is 2. The van der Waals surface area contributed by atoms with Crippen LogP contribution in [0.5, 0.6) is 11.5 Å². The predicted octanol–water partition coefficient (Wildman–Crippen LogP) is 4.98. The van der Waals surface area contributed by atoms with Crippen LogP contribution < -0.4 is 19.3 Å². The fourth-order valence-electron chi connectivity index (χ4n) is 5.08. The van der Waals surface area contributed by atoms with Crippen LogP contribution in [0.4, 0.5) is 11.4 Å². The number of benzene rings is 4. The van der Waals surface area contributed by atoms with E-state index in [1.54, 1.807) is 0 Å². The summed E-state index contributed by atoms with van der Waals surface area (Å²) in [4.78, 5) is 4.43. The quantitative estimate of drug-likeness (QED) is 0.394. The van der Waals surface area contributed by atoms with E-state index in [1.165, 1.54) is 11.1 Å². The monoisotopic (exact) mass is 494 g/mol. The van der Waals surface area contributed by atoms with Crippen molar-refractivity contribution < 1.29 is 19.7 Å². The Balaban J connectivity index is 1.17. The highest BCUT2D eigenvalue weighted by Gasteiger charge is 2.20. The van der Waals surface area contributed by atoms with Gasteiger partial charge in [-0.05, 0) is 77.2 Å². The normalized spacial score (nSPS) is 14.4. The van der Waals surface area contributed by atoms with Gasteiger partial charge in [0.2, 0.25) is 0 Å². The van der Waals surface area contributed by atoms with E-state index in [0.717, 1.165) is 64.6 Å². The van der Waals surface area contributed by atoms with Crippen LogP contribution in [0.25, 0.3) is 0 Å². The highest BCUT2D eigenvalue weighted by Crippen LogP contribution is 2.32. The molecule has 37 heavy (non-hydrogen) atoms. The van der Waals surface area contributed by atoms with Gasteiger partial charge in [0.1, 0.15) is 11.5 Å². The molecule has 0 aromatic heterocycles. The first-order valence-electron chi connectivity index (χ1n) is 12.6. The highest BCUT2D eigenvalue weighted by atomic mass is 16.5. The average molecular weight is 495 g/mol. The molecular weight excluding hydrogens is 464 g/mol. The van der Waals surface area contributed by atoms with Gasteiger partial charge in [0.25, 0.3) is 0 Å². The third-order valence-corrected chi connectivity index (χ3v) is 7.05. The van der Waals surface area contributed by atoms with Gasteiger partial charge >= 0.3 is 0 Å². The van der Waals surface area contributed by atoms with Crippen LogP contribution >= 0.6 is 0 Å². The summed E-state index contributed by atoms with van der Waals surface area (Å²) in [6, 6.07) is 29.0. The standard InChI is InChI=1S/C31H30N2O4/c34-18-24-7-9-30-26(12-24)16-32(20-36-30)28-5-1-3-22(14-28)11-23-4-2-6-29(15-23)33-17-27-13-25(19-35)8-10-31(27)37-21-33/h1-10,12-15,34-35H,11,16-21H2. The molecule has 0 aliphatic carbocycles. The molecule has 0 fully saturated rings. The Bertz CT molecular complexity index is 1310. The molecule has 0 spiro atoms. The molecule has 4 aromatic carbocycles. The Kier molecular flexibility index (Phi) is 6.43. The van der Waals surface area contributed by atoms with Crippen molar-refractivity contribution in [3.05, 3.63) is 118 Å². The van der Waals surface area contributed by atoms with Crippen LogP contribution in [0, 0.1) is 0 Å². The lowest BCUT2D eigenvalue weighted by Crippen LogP contribution is -2.32. The minimum atomic E-state index is 0.0294. The fraction of sp³-hybridized carbons (Fsp3) is 0.226. The molecule has 2 aliphatic heterocycles. The first-order valence-corrected chi connectivity index (χ1v) is 12.6. The van der Waals surface area contributed by atoms with E-state index in [1.807, 2.05) is 36.4 Å². The number of hydrogen-bond acceptors (Lipinski definition) is 6. The third-order valence-electron chi connectivity index (χ3n) is 7.05. The molecule has 0 saturated heterocycles. The van der Waals surface area contributed by atoms with Crippen molar-refractivity contribution in [2.75, 3.05) is 23.3 Å². The molecule has 6 nitrogen and oxygen atoms in total. The first-order chi connectivity index (χ1) is 18.2. The predicted molar refractivity (Wildman–Crippen MR) is 144 cm³/mol. The van der Waals surface area contributed by atoms with Crippen molar-refractivity contribution in [1.82, 2.24) is 0 Å². The van der Waals surface area contributed by atoms with Gasteiger partial charge in [-0.1, -0.05) is 36.4 Å². The average Bonchev–Trinajstić information content (AvgIpc) is 2.96. The van der Waals surface area contributed by atoms with Crippen LogP contribution in [-0.2, 0) is 32.7 Å². The Morgan fingerprint density at radius 1 is 0.568 bits per heavy atom. The maximum Gasteiger partial charge on any atom is 0.161 e. The molecule has 2 N–H and O–H groups in total. The van der Waals surface area contributed by atoms with Gasteiger partial charge in [0.15, 0.2) is 13.5 Å². The smallest absolute Gasteiger partial charge is 0.161 e. The summed E-state index contributed by atoms with van der Waals surface area (Å²) in [7, 11) is 0. The Hall–Kier alpha value is -4.00. The number of aliphatic hydroxyl groups excluding tert-OH is 2. The largest absolute Gasteiger partial charge is 0.473 e. The van der Waals surface area contributed by atoms with Crippen molar-refractivity contribution in [2.45, 2.75) is 32.7 Å². The lowest BCUT2D eigenvalue weighted by Gasteiger charge is -2.31. The fourth-order valence-corrected chi connectivity index (χ4v) is 5.08. The molecule has 188 valence electrons. The van der Waals surface area contributed by atoms with Crippen LogP contribution in [0.1, 0.15) is 33.4 Å². The van der Waals surface area contributed by atoms with E-state index in [9.17, 15) is 10.2 Å². The molecule has 0 saturated carbocycles. The Labute approximate surface area is 216 Å². The van der Waals surface area contributed by atoms with Crippen LogP contribution in [0.2, 0.25) is 0 Å². The molecule has 6 heteroatoms. The summed E-state index contributed by atoms with van der Waals surface area (Å²) >= 11 is 0. The van der Waals surface area contributed by atoms with E-state index in [4.69, 9.17) is 9.47 Å². The van der Waals surface area contributed by atoms with E-state index >= 15 is 0 Å².